The SMILES string of the molecule is CC1(C)O[C@@H]2CC(=O)OC[C@@]23[C@H]1CC(=O)[C@@]1(C)[C@H]3CC[C@@]2(C)C(c3ccoc3)OC(=O)[C@H]3O[C@]321. The summed E-state index contributed by atoms with van der Waals surface area (Å²) < 4.78 is 29.8. The van der Waals surface area contributed by atoms with Gasteiger partial charge in [0.1, 0.15) is 24.1 Å². The quantitative estimate of drug-likeness (QED) is 0.455. The van der Waals surface area contributed by atoms with Gasteiger partial charge in [-0.1, -0.05) is 6.92 Å². The summed E-state index contributed by atoms with van der Waals surface area (Å²) in [4.78, 5) is 39.7. The number of esters is 2. The van der Waals surface area contributed by atoms with E-state index in [0.29, 0.717) is 12.8 Å². The van der Waals surface area contributed by atoms with Gasteiger partial charge in [-0.3, -0.25) is 9.59 Å². The van der Waals surface area contributed by atoms with Crippen molar-refractivity contribution in [2.75, 3.05) is 6.61 Å². The lowest BCUT2D eigenvalue weighted by Crippen LogP contribution is -2.72. The van der Waals surface area contributed by atoms with E-state index >= 15 is 0 Å². The number of carbonyl (C=O) groups is 3. The summed E-state index contributed by atoms with van der Waals surface area (Å²) in [5, 5.41) is 0. The molecule has 4 saturated heterocycles. The molecule has 8 heteroatoms. The molecule has 1 unspecified atom stereocenters. The van der Waals surface area contributed by atoms with Gasteiger partial charge in [0.05, 0.1) is 36.1 Å². The fourth-order valence-corrected chi connectivity index (χ4v) is 9.34. The molecule has 0 radical (unpaired) electrons. The van der Waals surface area contributed by atoms with Crippen LogP contribution in [0.25, 0.3) is 0 Å². The Morgan fingerprint density at radius 1 is 0.971 bits per heavy atom. The zero-order valence-corrected chi connectivity index (χ0v) is 19.9. The van der Waals surface area contributed by atoms with Crippen molar-refractivity contribution in [2.45, 2.75) is 82.9 Å². The number of ether oxygens (including phenoxy) is 4. The van der Waals surface area contributed by atoms with Gasteiger partial charge in [0.25, 0.3) is 0 Å². The second kappa shape index (κ2) is 5.95. The molecule has 2 aliphatic carbocycles. The van der Waals surface area contributed by atoms with E-state index in [9.17, 15) is 14.4 Å². The Hall–Kier alpha value is -2.19. The Labute approximate surface area is 197 Å². The molecule has 1 aromatic heterocycles. The molecule has 1 aromatic rings. The Morgan fingerprint density at radius 3 is 2.50 bits per heavy atom. The zero-order valence-electron chi connectivity index (χ0n) is 19.9. The molecule has 6 aliphatic rings. The molecule has 0 N–H and O–H groups in total. The standard InChI is InChI=1S/C26H30O8/c1-22(2)15-9-16(27)24(4)14(25(15)12-31-18(28)10-17(25)33-22)5-7-23(3)19(13-6-8-30-11-13)32-21(29)20-26(23,24)34-20/h6,8,11,14-15,17,19-20H,5,7,9-10,12H2,1-4H3/t14-,15+,17-,19?,20-,23+,24-,25-,26-/m1/s1. The summed E-state index contributed by atoms with van der Waals surface area (Å²) in [5.41, 5.74) is -2.78. The number of fused-ring (bicyclic) bond motifs is 1. The number of epoxide rings is 1. The molecule has 0 aromatic carbocycles. The van der Waals surface area contributed by atoms with Crippen LogP contribution in [0.5, 0.6) is 0 Å². The Balaban J connectivity index is 1.41. The Kier molecular flexibility index (Phi) is 3.70. The second-order valence-electron chi connectivity index (χ2n) is 12.2. The van der Waals surface area contributed by atoms with Crippen LogP contribution in [0, 0.1) is 28.1 Å². The molecule has 7 rings (SSSR count). The summed E-state index contributed by atoms with van der Waals surface area (Å²) >= 11 is 0. The van der Waals surface area contributed by atoms with Crippen molar-refractivity contribution in [3.63, 3.8) is 0 Å². The molecule has 2 spiro atoms. The van der Waals surface area contributed by atoms with E-state index in [1.807, 2.05) is 26.8 Å². The van der Waals surface area contributed by atoms with Crippen LogP contribution in [-0.2, 0) is 33.3 Å². The fourth-order valence-electron chi connectivity index (χ4n) is 9.34. The summed E-state index contributed by atoms with van der Waals surface area (Å²) in [6.07, 6.45) is 3.46. The van der Waals surface area contributed by atoms with Crippen molar-refractivity contribution in [3.8, 4) is 0 Å². The highest BCUT2D eigenvalue weighted by atomic mass is 16.7. The molecule has 6 fully saturated rings. The highest BCUT2D eigenvalue weighted by Gasteiger charge is 2.89. The van der Waals surface area contributed by atoms with Gasteiger partial charge < -0.3 is 23.4 Å². The van der Waals surface area contributed by atoms with Gasteiger partial charge in [0.15, 0.2) is 6.10 Å². The van der Waals surface area contributed by atoms with Crippen LogP contribution in [0.3, 0.4) is 0 Å². The maximum atomic E-state index is 14.2. The Bertz CT molecular complexity index is 1120. The molecular weight excluding hydrogens is 440 g/mol. The molecule has 9 atom stereocenters. The molecule has 4 aliphatic heterocycles. The number of ketones is 1. The first-order valence-electron chi connectivity index (χ1n) is 12.3. The predicted octanol–water partition coefficient (Wildman–Crippen LogP) is 3.14. The van der Waals surface area contributed by atoms with E-state index in [2.05, 4.69) is 6.92 Å². The average Bonchev–Trinajstić information content (AvgIpc) is 3.26. The first kappa shape index (κ1) is 21.1. The maximum Gasteiger partial charge on any atom is 0.339 e. The van der Waals surface area contributed by atoms with Crippen LogP contribution in [0.4, 0.5) is 0 Å². The third-order valence-corrected chi connectivity index (χ3v) is 10.7. The largest absolute Gasteiger partial charge is 0.472 e. The third-order valence-electron chi connectivity index (χ3n) is 10.7. The number of carbonyl (C=O) groups excluding carboxylic acids is 3. The highest BCUT2D eigenvalue weighted by molar-refractivity contribution is 5.93. The van der Waals surface area contributed by atoms with Gasteiger partial charge in [-0.05, 0) is 45.6 Å². The van der Waals surface area contributed by atoms with E-state index in [4.69, 9.17) is 23.4 Å². The minimum Gasteiger partial charge on any atom is -0.472 e. The van der Waals surface area contributed by atoms with E-state index < -0.39 is 45.6 Å². The highest BCUT2D eigenvalue weighted by Crippen LogP contribution is 2.79. The molecule has 182 valence electrons. The van der Waals surface area contributed by atoms with Crippen LogP contribution in [0.1, 0.15) is 65.0 Å². The van der Waals surface area contributed by atoms with E-state index in [1.54, 1.807) is 12.5 Å². The van der Waals surface area contributed by atoms with Crippen LogP contribution < -0.4 is 0 Å². The second-order valence-corrected chi connectivity index (χ2v) is 12.2. The molecule has 2 saturated carbocycles. The normalized spacial score (nSPS) is 52.4. The predicted molar refractivity (Wildman–Crippen MR) is 114 cm³/mol. The minimum atomic E-state index is -0.976. The van der Waals surface area contributed by atoms with Crippen molar-refractivity contribution in [1.29, 1.82) is 0 Å². The molecule has 5 heterocycles. The van der Waals surface area contributed by atoms with Crippen molar-refractivity contribution in [1.82, 2.24) is 0 Å². The summed E-state index contributed by atoms with van der Waals surface area (Å²) in [6, 6.07) is 1.81. The number of cyclic esters (lactones) is 2. The zero-order chi connectivity index (χ0) is 23.9. The van der Waals surface area contributed by atoms with E-state index in [0.717, 1.165) is 12.0 Å². The van der Waals surface area contributed by atoms with Crippen molar-refractivity contribution in [3.05, 3.63) is 24.2 Å². The lowest BCUT2D eigenvalue weighted by atomic mass is 9.37. The number of hydrogen-bond acceptors (Lipinski definition) is 8. The van der Waals surface area contributed by atoms with Gasteiger partial charge in [-0.2, -0.15) is 0 Å². The van der Waals surface area contributed by atoms with E-state index in [-0.39, 0.29) is 42.7 Å². The summed E-state index contributed by atoms with van der Waals surface area (Å²) in [5.74, 6) is -0.780. The smallest absolute Gasteiger partial charge is 0.339 e. The van der Waals surface area contributed by atoms with Crippen LogP contribution >= 0.6 is 0 Å². The summed E-state index contributed by atoms with van der Waals surface area (Å²) in [7, 11) is 0. The lowest BCUT2D eigenvalue weighted by Gasteiger charge is -2.65. The fraction of sp³-hybridized carbons (Fsp3) is 0.731. The average molecular weight is 471 g/mol. The van der Waals surface area contributed by atoms with Crippen molar-refractivity contribution < 1.29 is 37.7 Å². The molecular formula is C26H30O8. The first-order chi connectivity index (χ1) is 16.0. The van der Waals surface area contributed by atoms with E-state index in [1.165, 1.54) is 0 Å². The lowest BCUT2D eigenvalue weighted by molar-refractivity contribution is -0.225. The third kappa shape index (κ3) is 2.02. The maximum absolute atomic E-state index is 14.2. The van der Waals surface area contributed by atoms with Gasteiger partial charge in [0.2, 0.25) is 0 Å². The van der Waals surface area contributed by atoms with Crippen molar-refractivity contribution in [2.24, 2.45) is 28.1 Å². The van der Waals surface area contributed by atoms with Crippen LogP contribution in [-0.4, -0.2) is 47.7 Å². The minimum absolute atomic E-state index is 0.0677. The molecule has 8 nitrogen and oxygen atoms in total. The monoisotopic (exact) mass is 470 g/mol. The van der Waals surface area contributed by atoms with Gasteiger partial charge in [-0.15, -0.1) is 0 Å². The number of hydrogen-bond donors (Lipinski definition) is 0. The van der Waals surface area contributed by atoms with Gasteiger partial charge in [0, 0.05) is 28.7 Å². The number of furan rings is 1. The topological polar surface area (TPSA) is 105 Å². The van der Waals surface area contributed by atoms with Crippen LogP contribution in [0.15, 0.2) is 23.0 Å². The summed E-state index contributed by atoms with van der Waals surface area (Å²) in [6.45, 7) is 8.36. The first-order valence-corrected chi connectivity index (χ1v) is 12.3. The Morgan fingerprint density at radius 2 is 1.76 bits per heavy atom. The molecule has 34 heavy (non-hydrogen) atoms. The van der Waals surface area contributed by atoms with Crippen LogP contribution in [0.2, 0.25) is 0 Å². The number of rotatable bonds is 1. The number of Topliss-reactive ketones (excluding diaryl/α,β-unsaturated/α-hetero) is 1. The molecule has 0 amide bonds. The molecule has 0 bridgehead atoms. The van der Waals surface area contributed by atoms with Gasteiger partial charge >= 0.3 is 11.9 Å². The van der Waals surface area contributed by atoms with Gasteiger partial charge in [-0.25, -0.2) is 4.79 Å². The van der Waals surface area contributed by atoms with Crippen molar-refractivity contribution >= 4 is 17.7 Å².